The Hall–Kier alpha value is -2.57. The zero-order valence-corrected chi connectivity index (χ0v) is 16.2. The highest BCUT2D eigenvalue weighted by molar-refractivity contribution is 5.86. The number of aliphatic carboxylic acids is 1. The number of carboxylic acid groups (broad SMARTS) is 1. The van der Waals surface area contributed by atoms with Crippen molar-refractivity contribution in [3.8, 4) is 5.75 Å². The monoisotopic (exact) mass is 376 g/mol. The molecule has 1 aliphatic heterocycles. The number of hydrogen-bond donors (Lipinski definition) is 1. The van der Waals surface area contributed by atoms with E-state index < -0.39 is 5.97 Å². The number of hydrogen-bond acceptors (Lipinski definition) is 4. The summed E-state index contributed by atoms with van der Waals surface area (Å²) in [7, 11) is 3.24. The number of benzene rings is 1. The molecule has 1 N–H and O–H groups in total. The van der Waals surface area contributed by atoms with E-state index in [2.05, 4.69) is 0 Å². The molecule has 0 aromatic heterocycles. The second-order valence-electron chi connectivity index (χ2n) is 7.14. The Labute approximate surface area is 159 Å². The van der Waals surface area contributed by atoms with Crippen molar-refractivity contribution < 1.29 is 24.2 Å². The van der Waals surface area contributed by atoms with E-state index in [4.69, 9.17) is 9.84 Å². The lowest BCUT2D eigenvalue weighted by Gasteiger charge is -2.32. The highest BCUT2D eigenvalue weighted by atomic mass is 16.5. The Kier molecular flexibility index (Phi) is 7.21. The minimum absolute atomic E-state index is 0.0174. The van der Waals surface area contributed by atoms with E-state index in [1.165, 1.54) is 4.90 Å². The molecule has 1 aromatic rings. The van der Waals surface area contributed by atoms with Crippen molar-refractivity contribution in [3.63, 3.8) is 0 Å². The first-order chi connectivity index (χ1) is 12.8. The molecule has 1 aliphatic rings. The van der Waals surface area contributed by atoms with Gasteiger partial charge in [0.2, 0.25) is 11.8 Å². The molecule has 27 heavy (non-hydrogen) atoms. The van der Waals surface area contributed by atoms with E-state index in [0.717, 1.165) is 11.3 Å². The predicted molar refractivity (Wildman–Crippen MR) is 100 cm³/mol. The number of rotatable bonds is 7. The predicted octanol–water partition coefficient (Wildman–Crippen LogP) is 1.66. The highest BCUT2D eigenvalue weighted by Crippen LogP contribution is 2.18. The molecule has 7 heteroatoms. The largest absolute Gasteiger partial charge is 0.497 e. The summed E-state index contributed by atoms with van der Waals surface area (Å²) < 4.78 is 5.13. The third kappa shape index (κ3) is 5.70. The van der Waals surface area contributed by atoms with E-state index in [1.54, 1.807) is 19.1 Å². The lowest BCUT2D eigenvalue weighted by atomic mass is 9.97. The normalized spacial score (nSPS) is 15.9. The summed E-state index contributed by atoms with van der Waals surface area (Å²) in [6.07, 6.45) is 1.52. The van der Waals surface area contributed by atoms with Crippen LogP contribution in [0.3, 0.4) is 0 Å². The lowest BCUT2D eigenvalue weighted by Crippen LogP contribution is -2.46. The summed E-state index contributed by atoms with van der Waals surface area (Å²) >= 11 is 0. The Morgan fingerprint density at radius 2 is 1.81 bits per heavy atom. The van der Waals surface area contributed by atoms with Crippen molar-refractivity contribution in [2.45, 2.75) is 26.2 Å². The third-order valence-electron chi connectivity index (χ3n) is 5.07. The fraction of sp³-hybridized carbons (Fsp3) is 0.550. The number of carbonyl (C=O) groups excluding carboxylic acids is 2. The third-order valence-corrected chi connectivity index (χ3v) is 5.07. The SMILES string of the molecule is COc1ccc(CC(C)C(=O)N(C)CC(=O)N2CCC(C(=O)O)CC2)cc1. The van der Waals surface area contributed by atoms with Crippen molar-refractivity contribution in [2.24, 2.45) is 11.8 Å². The maximum absolute atomic E-state index is 12.6. The highest BCUT2D eigenvalue weighted by Gasteiger charge is 2.28. The van der Waals surface area contributed by atoms with Crippen LogP contribution in [0.5, 0.6) is 5.75 Å². The molecule has 0 saturated carbocycles. The smallest absolute Gasteiger partial charge is 0.306 e. The van der Waals surface area contributed by atoms with E-state index in [9.17, 15) is 14.4 Å². The van der Waals surface area contributed by atoms with Crippen LogP contribution in [0.4, 0.5) is 0 Å². The molecule has 7 nitrogen and oxygen atoms in total. The summed E-state index contributed by atoms with van der Waals surface area (Å²) in [5.74, 6) is -0.869. The van der Waals surface area contributed by atoms with Gasteiger partial charge in [0.15, 0.2) is 0 Å². The van der Waals surface area contributed by atoms with Crippen LogP contribution in [0.2, 0.25) is 0 Å². The number of piperidine rings is 1. The fourth-order valence-electron chi connectivity index (χ4n) is 3.34. The quantitative estimate of drug-likeness (QED) is 0.782. The molecule has 0 bridgehead atoms. The Morgan fingerprint density at radius 1 is 1.22 bits per heavy atom. The molecule has 2 amide bonds. The fourth-order valence-corrected chi connectivity index (χ4v) is 3.34. The number of ether oxygens (including phenoxy) is 1. The molecule has 1 heterocycles. The zero-order chi connectivity index (χ0) is 20.0. The second-order valence-corrected chi connectivity index (χ2v) is 7.14. The molecule has 1 saturated heterocycles. The number of likely N-dealkylation sites (N-methyl/N-ethyl adjacent to an activating group) is 1. The molecular weight excluding hydrogens is 348 g/mol. The van der Waals surface area contributed by atoms with Gasteiger partial charge in [-0.25, -0.2) is 0 Å². The van der Waals surface area contributed by atoms with Crippen LogP contribution < -0.4 is 4.74 Å². The average molecular weight is 376 g/mol. The molecule has 1 atom stereocenters. The standard InChI is InChI=1S/C20H28N2O5/c1-14(12-15-4-6-17(27-3)7-5-15)19(24)21(2)13-18(23)22-10-8-16(9-11-22)20(25)26/h4-7,14,16H,8-13H2,1-3H3,(H,25,26). The van der Waals surface area contributed by atoms with E-state index in [1.807, 2.05) is 31.2 Å². The minimum atomic E-state index is -0.804. The topological polar surface area (TPSA) is 87.2 Å². The van der Waals surface area contributed by atoms with Gasteiger partial charge in [-0.2, -0.15) is 0 Å². The van der Waals surface area contributed by atoms with Crippen molar-refractivity contribution >= 4 is 17.8 Å². The van der Waals surface area contributed by atoms with Crippen molar-refractivity contribution in [3.05, 3.63) is 29.8 Å². The molecule has 0 aliphatic carbocycles. The van der Waals surface area contributed by atoms with Gasteiger partial charge >= 0.3 is 5.97 Å². The second kappa shape index (κ2) is 9.39. The Morgan fingerprint density at radius 3 is 2.33 bits per heavy atom. The van der Waals surface area contributed by atoms with Crippen LogP contribution in [-0.4, -0.2) is 66.5 Å². The van der Waals surface area contributed by atoms with Crippen LogP contribution >= 0.6 is 0 Å². The molecule has 0 spiro atoms. The van der Waals surface area contributed by atoms with E-state index in [-0.39, 0.29) is 30.2 Å². The Balaban J connectivity index is 1.83. The number of methoxy groups -OCH3 is 1. The zero-order valence-electron chi connectivity index (χ0n) is 16.2. The Bertz CT molecular complexity index is 665. The molecule has 2 rings (SSSR count). The van der Waals surface area contributed by atoms with Gasteiger partial charge in [-0.3, -0.25) is 14.4 Å². The molecule has 148 valence electrons. The van der Waals surface area contributed by atoms with Gasteiger partial charge in [0.05, 0.1) is 19.6 Å². The molecule has 0 radical (unpaired) electrons. The number of carbonyl (C=O) groups is 3. The maximum Gasteiger partial charge on any atom is 0.306 e. The minimum Gasteiger partial charge on any atom is -0.497 e. The number of amides is 2. The molecule has 1 aromatic carbocycles. The van der Waals surface area contributed by atoms with Gasteiger partial charge in [-0.05, 0) is 37.0 Å². The van der Waals surface area contributed by atoms with Crippen LogP contribution in [0.25, 0.3) is 0 Å². The van der Waals surface area contributed by atoms with Crippen molar-refractivity contribution in [1.82, 2.24) is 9.80 Å². The van der Waals surface area contributed by atoms with E-state index in [0.29, 0.717) is 32.4 Å². The van der Waals surface area contributed by atoms with Gasteiger partial charge < -0.3 is 19.6 Å². The summed E-state index contributed by atoms with van der Waals surface area (Å²) in [4.78, 5) is 39.1. The van der Waals surface area contributed by atoms with Crippen molar-refractivity contribution in [1.29, 1.82) is 0 Å². The van der Waals surface area contributed by atoms with E-state index >= 15 is 0 Å². The lowest BCUT2D eigenvalue weighted by molar-refractivity contribution is -0.146. The first kappa shape index (κ1) is 20.7. The summed E-state index contributed by atoms with van der Waals surface area (Å²) in [5.41, 5.74) is 1.03. The first-order valence-electron chi connectivity index (χ1n) is 9.20. The average Bonchev–Trinajstić information content (AvgIpc) is 2.67. The molecular formula is C20H28N2O5. The molecule has 1 unspecified atom stereocenters. The van der Waals surface area contributed by atoms with Crippen LogP contribution in [0, 0.1) is 11.8 Å². The maximum atomic E-state index is 12.6. The number of carboxylic acids is 1. The van der Waals surface area contributed by atoms with Gasteiger partial charge in [0.1, 0.15) is 5.75 Å². The van der Waals surface area contributed by atoms with Gasteiger partial charge in [-0.15, -0.1) is 0 Å². The van der Waals surface area contributed by atoms with Crippen molar-refractivity contribution in [2.75, 3.05) is 33.8 Å². The summed E-state index contributed by atoms with van der Waals surface area (Å²) in [6.45, 7) is 2.73. The van der Waals surface area contributed by atoms with Gasteiger partial charge in [-0.1, -0.05) is 19.1 Å². The summed E-state index contributed by atoms with van der Waals surface area (Å²) in [6, 6.07) is 7.59. The van der Waals surface area contributed by atoms with Crippen LogP contribution in [-0.2, 0) is 20.8 Å². The van der Waals surface area contributed by atoms with Gasteiger partial charge in [0, 0.05) is 26.1 Å². The number of likely N-dealkylation sites (tertiary alicyclic amines) is 1. The van der Waals surface area contributed by atoms with Crippen LogP contribution in [0.1, 0.15) is 25.3 Å². The van der Waals surface area contributed by atoms with Crippen LogP contribution in [0.15, 0.2) is 24.3 Å². The number of nitrogens with zero attached hydrogens (tertiary/aromatic N) is 2. The first-order valence-corrected chi connectivity index (χ1v) is 9.20. The molecule has 1 fully saturated rings. The van der Waals surface area contributed by atoms with Gasteiger partial charge in [0.25, 0.3) is 0 Å². The summed E-state index contributed by atoms with van der Waals surface area (Å²) in [5, 5.41) is 9.03.